The predicted molar refractivity (Wildman–Crippen MR) is 73.4 cm³/mol. The molecule has 2 rings (SSSR count). The molecule has 1 aliphatic heterocycles. The maximum atomic E-state index is 11.9. The molecular formula is C14H17N3O3. The molecule has 0 bridgehead atoms. The standard InChI is InChI=1S/C14H17N3O3/c1-19-12-4-2-11(3-5-12)16-14(18)10-17-6-7-20-13(8-15)9-17/h2-5,13H,6-7,9-10H2,1H3,(H,16,18). The van der Waals surface area contributed by atoms with Crippen LogP contribution in [0.15, 0.2) is 24.3 Å². The second-order valence-corrected chi connectivity index (χ2v) is 4.50. The molecule has 1 aromatic rings. The predicted octanol–water partition coefficient (Wildman–Crippen LogP) is 0.858. The van der Waals surface area contributed by atoms with Crippen LogP contribution >= 0.6 is 0 Å². The van der Waals surface area contributed by atoms with Crippen molar-refractivity contribution in [1.82, 2.24) is 4.90 Å². The van der Waals surface area contributed by atoms with E-state index in [1.54, 1.807) is 31.4 Å². The van der Waals surface area contributed by atoms with E-state index < -0.39 is 6.10 Å². The van der Waals surface area contributed by atoms with E-state index in [2.05, 4.69) is 11.4 Å². The molecular weight excluding hydrogens is 258 g/mol. The van der Waals surface area contributed by atoms with Crippen molar-refractivity contribution in [2.24, 2.45) is 0 Å². The molecule has 20 heavy (non-hydrogen) atoms. The minimum absolute atomic E-state index is 0.103. The summed E-state index contributed by atoms with van der Waals surface area (Å²) in [6.07, 6.45) is -0.447. The Morgan fingerprint density at radius 3 is 2.95 bits per heavy atom. The fourth-order valence-electron chi connectivity index (χ4n) is 2.00. The van der Waals surface area contributed by atoms with Crippen LogP contribution in [0.25, 0.3) is 0 Å². The first kappa shape index (κ1) is 14.3. The number of ether oxygens (including phenoxy) is 2. The van der Waals surface area contributed by atoms with Gasteiger partial charge in [0.1, 0.15) is 5.75 Å². The van der Waals surface area contributed by atoms with E-state index >= 15 is 0 Å². The van der Waals surface area contributed by atoms with E-state index in [-0.39, 0.29) is 12.5 Å². The van der Waals surface area contributed by atoms with Crippen LogP contribution in [-0.4, -0.2) is 50.3 Å². The summed E-state index contributed by atoms with van der Waals surface area (Å²) >= 11 is 0. The molecule has 0 aliphatic carbocycles. The van der Waals surface area contributed by atoms with E-state index in [0.29, 0.717) is 19.7 Å². The van der Waals surface area contributed by atoms with Crippen molar-refractivity contribution in [2.75, 3.05) is 38.7 Å². The van der Waals surface area contributed by atoms with Gasteiger partial charge in [0.25, 0.3) is 0 Å². The molecule has 1 aromatic carbocycles. The smallest absolute Gasteiger partial charge is 0.238 e. The van der Waals surface area contributed by atoms with E-state index in [4.69, 9.17) is 14.7 Å². The summed E-state index contributed by atoms with van der Waals surface area (Å²) in [4.78, 5) is 13.8. The summed E-state index contributed by atoms with van der Waals surface area (Å²) in [5, 5.41) is 11.6. The highest BCUT2D eigenvalue weighted by molar-refractivity contribution is 5.92. The van der Waals surface area contributed by atoms with Gasteiger partial charge in [0.15, 0.2) is 6.10 Å². The van der Waals surface area contributed by atoms with Gasteiger partial charge in [-0.3, -0.25) is 9.69 Å². The van der Waals surface area contributed by atoms with E-state index in [0.717, 1.165) is 11.4 Å². The van der Waals surface area contributed by atoms with Gasteiger partial charge in [-0.25, -0.2) is 0 Å². The van der Waals surface area contributed by atoms with Crippen molar-refractivity contribution in [2.45, 2.75) is 6.10 Å². The number of methoxy groups -OCH3 is 1. The number of morpholine rings is 1. The molecule has 1 saturated heterocycles. The van der Waals surface area contributed by atoms with Crippen LogP contribution in [0.4, 0.5) is 5.69 Å². The van der Waals surface area contributed by atoms with Gasteiger partial charge in [0.2, 0.25) is 5.91 Å². The highest BCUT2D eigenvalue weighted by Gasteiger charge is 2.21. The Morgan fingerprint density at radius 1 is 1.55 bits per heavy atom. The zero-order valence-electron chi connectivity index (χ0n) is 11.3. The van der Waals surface area contributed by atoms with Crippen LogP contribution < -0.4 is 10.1 Å². The SMILES string of the molecule is COc1ccc(NC(=O)CN2CCOC(C#N)C2)cc1. The molecule has 1 unspecified atom stereocenters. The fourth-order valence-corrected chi connectivity index (χ4v) is 2.00. The topological polar surface area (TPSA) is 74.6 Å². The molecule has 0 radical (unpaired) electrons. The number of nitrogens with zero attached hydrogens (tertiary/aromatic N) is 2. The summed E-state index contributed by atoms with van der Waals surface area (Å²) in [7, 11) is 1.59. The summed E-state index contributed by atoms with van der Waals surface area (Å²) in [6, 6.07) is 9.21. The van der Waals surface area contributed by atoms with Gasteiger partial charge < -0.3 is 14.8 Å². The lowest BCUT2D eigenvalue weighted by molar-refractivity contribution is -0.118. The van der Waals surface area contributed by atoms with E-state index in [1.165, 1.54) is 0 Å². The lowest BCUT2D eigenvalue weighted by Gasteiger charge is -2.28. The molecule has 1 heterocycles. The molecule has 0 aromatic heterocycles. The Hall–Kier alpha value is -2.10. The highest BCUT2D eigenvalue weighted by atomic mass is 16.5. The normalized spacial score (nSPS) is 19.1. The first-order valence-electron chi connectivity index (χ1n) is 6.39. The Balaban J connectivity index is 1.84. The van der Waals surface area contributed by atoms with E-state index in [1.807, 2.05) is 4.90 Å². The average molecular weight is 275 g/mol. The second kappa shape index (κ2) is 6.89. The number of anilines is 1. The number of rotatable bonds is 4. The fraction of sp³-hybridized carbons (Fsp3) is 0.429. The Morgan fingerprint density at radius 2 is 2.30 bits per heavy atom. The van der Waals surface area contributed by atoms with Gasteiger partial charge in [-0.05, 0) is 24.3 Å². The number of benzene rings is 1. The largest absolute Gasteiger partial charge is 0.497 e. The molecule has 1 atom stereocenters. The number of hydrogen-bond donors (Lipinski definition) is 1. The summed E-state index contributed by atoms with van der Waals surface area (Å²) in [5.74, 6) is 0.641. The lowest BCUT2D eigenvalue weighted by Crippen LogP contribution is -2.45. The number of amides is 1. The van der Waals surface area contributed by atoms with Gasteiger partial charge in [0, 0.05) is 18.8 Å². The maximum absolute atomic E-state index is 11.9. The van der Waals surface area contributed by atoms with Gasteiger partial charge in [-0.1, -0.05) is 0 Å². The average Bonchev–Trinajstić information content (AvgIpc) is 2.48. The maximum Gasteiger partial charge on any atom is 0.238 e. The van der Waals surface area contributed by atoms with Gasteiger partial charge in [-0.15, -0.1) is 0 Å². The van der Waals surface area contributed by atoms with Crippen molar-refractivity contribution in [3.63, 3.8) is 0 Å². The van der Waals surface area contributed by atoms with Crippen molar-refractivity contribution in [3.8, 4) is 11.8 Å². The van der Waals surface area contributed by atoms with Crippen LogP contribution in [-0.2, 0) is 9.53 Å². The van der Waals surface area contributed by atoms with Crippen LogP contribution in [0.1, 0.15) is 0 Å². The molecule has 1 N–H and O–H groups in total. The first-order valence-corrected chi connectivity index (χ1v) is 6.39. The van der Waals surface area contributed by atoms with Gasteiger partial charge in [-0.2, -0.15) is 5.26 Å². The highest BCUT2D eigenvalue weighted by Crippen LogP contribution is 2.15. The summed E-state index contributed by atoms with van der Waals surface area (Å²) in [5.41, 5.74) is 0.723. The zero-order chi connectivity index (χ0) is 14.4. The molecule has 6 nitrogen and oxygen atoms in total. The quantitative estimate of drug-likeness (QED) is 0.882. The second-order valence-electron chi connectivity index (χ2n) is 4.50. The van der Waals surface area contributed by atoms with Crippen molar-refractivity contribution < 1.29 is 14.3 Å². The van der Waals surface area contributed by atoms with Gasteiger partial charge in [0.05, 0.1) is 26.3 Å². The number of carbonyl (C=O) groups is 1. The van der Waals surface area contributed by atoms with Crippen LogP contribution in [0, 0.1) is 11.3 Å². The molecule has 0 spiro atoms. The molecule has 1 aliphatic rings. The Labute approximate surface area is 117 Å². The lowest BCUT2D eigenvalue weighted by atomic mass is 10.2. The van der Waals surface area contributed by atoms with Crippen molar-refractivity contribution in [3.05, 3.63) is 24.3 Å². The van der Waals surface area contributed by atoms with Crippen LogP contribution in [0.3, 0.4) is 0 Å². The number of nitrogens with one attached hydrogen (secondary N) is 1. The third-order valence-electron chi connectivity index (χ3n) is 3.04. The minimum atomic E-state index is -0.447. The first-order chi connectivity index (χ1) is 9.71. The third kappa shape index (κ3) is 3.95. The van der Waals surface area contributed by atoms with Crippen LogP contribution in [0.2, 0.25) is 0 Å². The Bertz CT molecular complexity index is 495. The number of hydrogen-bond acceptors (Lipinski definition) is 5. The van der Waals surface area contributed by atoms with Crippen molar-refractivity contribution in [1.29, 1.82) is 5.26 Å². The summed E-state index contributed by atoms with van der Waals surface area (Å²) in [6.45, 7) is 1.86. The minimum Gasteiger partial charge on any atom is -0.497 e. The van der Waals surface area contributed by atoms with Crippen molar-refractivity contribution >= 4 is 11.6 Å². The molecule has 1 amide bonds. The number of carbonyl (C=O) groups excluding carboxylic acids is 1. The Kier molecular flexibility index (Phi) is 4.93. The zero-order valence-corrected chi connectivity index (χ0v) is 11.3. The van der Waals surface area contributed by atoms with Crippen LogP contribution in [0.5, 0.6) is 5.75 Å². The molecule has 1 fully saturated rings. The monoisotopic (exact) mass is 275 g/mol. The molecule has 6 heteroatoms. The van der Waals surface area contributed by atoms with Gasteiger partial charge >= 0.3 is 0 Å². The molecule has 106 valence electrons. The third-order valence-corrected chi connectivity index (χ3v) is 3.04. The summed E-state index contributed by atoms with van der Waals surface area (Å²) < 4.78 is 10.3. The van der Waals surface area contributed by atoms with E-state index in [9.17, 15) is 4.79 Å². The molecule has 0 saturated carbocycles. The number of nitriles is 1.